The molecule has 0 atom stereocenters. The zero-order valence-electron chi connectivity index (χ0n) is 32.4. The van der Waals surface area contributed by atoms with Crippen LogP contribution in [0, 0.1) is 13.8 Å². The summed E-state index contributed by atoms with van der Waals surface area (Å²) in [4.78, 5) is 77.9. The predicted octanol–water partition coefficient (Wildman–Crippen LogP) is 6.14. The van der Waals surface area contributed by atoms with Gasteiger partial charge >= 0.3 is 12.0 Å². The van der Waals surface area contributed by atoms with Gasteiger partial charge in [-0.1, -0.05) is 26.0 Å². The van der Waals surface area contributed by atoms with Gasteiger partial charge < -0.3 is 35.9 Å². The van der Waals surface area contributed by atoms with E-state index in [4.69, 9.17) is 4.74 Å². The van der Waals surface area contributed by atoms with E-state index in [0.29, 0.717) is 62.3 Å². The quantitative estimate of drug-likeness (QED) is 0.0409. The zero-order chi connectivity index (χ0) is 41.2. The first-order valence-electron chi connectivity index (χ1n) is 18.6. The van der Waals surface area contributed by atoms with E-state index in [1.807, 2.05) is 31.4 Å². The number of aromatic nitrogens is 3. The molecule has 6 rings (SSSR count). The van der Waals surface area contributed by atoms with Crippen molar-refractivity contribution < 1.29 is 28.7 Å². The van der Waals surface area contributed by atoms with Crippen molar-refractivity contribution in [3.05, 3.63) is 118 Å². The molecule has 2 aromatic carbocycles. The number of rotatable bonds is 15. The molecular formula is C42H43N9O6S. The Hall–Kier alpha value is -6.91. The predicted molar refractivity (Wildman–Crippen MR) is 224 cm³/mol. The number of hydrogen-bond acceptors (Lipinski definition) is 10. The fraction of sp³-hybridized carbons (Fsp3) is 0.214. The molecule has 5 aromatic rings. The minimum Gasteiger partial charge on any atom is -0.423 e. The average Bonchev–Trinajstić information content (AvgIpc) is 3.89. The molecule has 0 spiro atoms. The van der Waals surface area contributed by atoms with Gasteiger partial charge in [0, 0.05) is 83.4 Å². The Morgan fingerprint density at radius 2 is 1.74 bits per heavy atom. The van der Waals surface area contributed by atoms with E-state index in [-0.39, 0.29) is 24.1 Å². The van der Waals surface area contributed by atoms with Crippen molar-refractivity contribution in [2.24, 2.45) is 0 Å². The number of nitrogens with zero attached hydrogens (tertiary/aromatic N) is 3. The SMILES string of the molecule is CCN(CC)CCNC(=O)c1c(C)[nH]c(/C=C2\C(=O)Nc3ccc(NC(=O)/C=C/C(=O)Oc4cccc(CNC(=O)Nc5nc(-c6ccncc6)cs5)c4)cc32)c1C. The molecule has 0 saturated carbocycles. The van der Waals surface area contributed by atoms with E-state index < -0.39 is 17.9 Å². The highest BCUT2D eigenvalue weighted by atomic mass is 32.1. The second kappa shape index (κ2) is 18.8. The molecule has 16 heteroatoms. The Morgan fingerprint density at radius 1 is 0.948 bits per heavy atom. The fourth-order valence-corrected chi connectivity index (χ4v) is 6.99. The van der Waals surface area contributed by atoms with Gasteiger partial charge in [-0.05, 0) is 86.6 Å². The normalized spacial score (nSPS) is 12.7. The van der Waals surface area contributed by atoms with Crippen LogP contribution in [0.5, 0.6) is 5.75 Å². The van der Waals surface area contributed by atoms with Crippen molar-refractivity contribution in [2.45, 2.75) is 34.2 Å². The number of aryl methyl sites for hydroxylation is 1. The van der Waals surface area contributed by atoms with Crippen LogP contribution in [-0.2, 0) is 20.9 Å². The molecule has 15 nitrogen and oxygen atoms in total. The molecule has 58 heavy (non-hydrogen) atoms. The molecule has 0 saturated heterocycles. The Balaban J connectivity index is 1.01. The number of benzene rings is 2. The first kappa shape index (κ1) is 40.7. The number of amides is 5. The van der Waals surface area contributed by atoms with Gasteiger partial charge in [0.05, 0.1) is 16.8 Å². The highest BCUT2D eigenvalue weighted by Crippen LogP contribution is 2.36. The zero-order valence-corrected chi connectivity index (χ0v) is 33.2. The number of nitrogens with one attached hydrogen (secondary N) is 6. The van der Waals surface area contributed by atoms with Crippen LogP contribution in [0.1, 0.15) is 52.3 Å². The highest BCUT2D eigenvalue weighted by Gasteiger charge is 2.26. The van der Waals surface area contributed by atoms with E-state index in [0.717, 1.165) is 43.0 Å². The topological polar surface area (TPSA) is 200 Å². The van der Waals surface area contributed by atoms with E-state index in [1.165, 1.54) is 11.3 Å². The molecule has 0 fully saturated rings. The first-order chi connectivity index (χ1) is 28.0. The molecular weight excluding hydrogens is 759 g/mol. The summed E-state index contributed by atoms with van der Waals surface area (Å²) < 4.78 is 5.39. The number of carbonyl (C=O) groups is 5. The molecule has 298 valence electrons. The summed E-state index contributed by atoms with van der Waals surface area (Å²) in [6.45, 7) is 11.0. The molecule has 4 heterocycles. The molecule has 3 aromatic heterocycles. The lowest BCUT2D eigenvalue weighted by atomic mass is 10.0. The molecule has 1 aliphatic heterocycles. The number of anilines is 3. The lowest BCUT2D eigenvalue weighted by molar-refractivity contribution is -0.129. The van der Waals surface area contributed by atoms with E-state index in [9.17, 15) is 24.0 Å². The van der Waals surface area contributed by atoms with Crippen molar-refractivity contribution in [3.63, 3.8) is 0 Å². The third-order valence-electron chi connectivity index (χ3n) is 9.31. The van der Waals surface area contributed by atoms with Gasteiger partial charge in [0.2, 0.25) is 5.91 Å². The van der Waals surface area contributed by atoms with Gasteiger partial charge in [-0.25, -0.2) is 14.6 Å². The third kappa shape index (κ3) is 10.3. The van der Waals surface area contributed by atoms with Crippen LogP contribution in [0.2, 0.25) is 0 Å². The maximum absolute atomic E-state index is 13.1. The maximum atomic E-state index is 13.1. The third-order valence-corrected chi connectivity index (χ3v) is 10.1. The lowest BCUT2D eigenvalue weighted by Crippen LogP contribution is -2.35. The number of aromatic amines is 1. The highest BCUT2D eigenvalue weighted by molar-refractivity contribution is 7.14. The summed E-state index contributed by atoms with van der Waals surface area (Å²) in [7, 11) is 0. The minimum atomic E-state index is -0.783. The standard InChI is InChI=1S/C42H43N9O6S/c1-5-51(6-2)19-18-44-40(55)38-25(3)34(46-26(38)4)22-32-31-21-29(10-11-33(31)48-39(32)54)47-36(52)12-13-37(53)57-30-9-7-8-27(20-30)23-45-41(56)50-42-49-35(24-58-42)28-14-16-43-17-15-28/h7-17,20-22,24,46H,5-6,18-19,23H2,1-4H3,(H,44,55)(H,47,52)(H,48,54)(H2,45,49,50,56)/b13-12+,32-22-. The summed E-state index contributed by atoms with van der Waals surface area (Å²) in [5.74, 6) is -1.66. The molecule has 0 radical (unpaired) electrons. The summed E-state index contributed by atoms with van der Waals surface area (Å²) in [6.07, 6.45) is 7.08. The van der Waals surface area contributed by atoms with Crippen LogP contribution in [-0.4, -0.2) is 75.8 Å². The van der Waals surface area contributed by atoms with Gasteiger partial charge in [-0.3, -0.25) is 24.7 Å². The van der Waals surface area contributed by atoms with Gasteiger partial charge in [0.1, 0.15) is 5.75 Å². The number of esters is 1. The summed E-state index contributed by atoms with van der Waals surface area (Å²) >= 11 is 1.30. The van der Waals surface area contributed by atoms with E-state index in [1.54, 1.807) is 60.9 Å². The van der Waals surface area contributed by atoms with Gasteiger partial charge in [-0.15, -0.1) is 11.3 Å². The molecule has 6 N–H and O–H groups in total. The van der Waals surface area contributed by atoms with Crippen molar-refractivity contribution in [1.82, 2.24) is 30.5 Å². The second-order valence-electron chi connectivity index (χ2n) is 13.2. The lowest BCUT2D eigenvalue weighted by Gasteiger charge is -2.18. The Morgan fingerprint density at radius 3 is 2.52 bits per heavy atom. The van der Waals surface area contributed by atoms with Crippen LogP contribution in [0.25, 0.3) is 22.9 Å². The van der Waals surface area contributed by atoms with Gasteiger partial charge in [0.15, 0.2) is 5.13 Å². The summed E-state index contributed by atoms with van der Waals surface area (Å²) in [5, 5.41) is 16.3. The molecule has 0 bridgehead atoms. The Labute approximate surface area is 339 Å². The van der Waals surface area contributed by atoms with Gasteiger partial charge in [-0.2, -0.15) is 0 Å². The number of fused-ring (bicyclic) bond motifs is 1. The number of ether oxygens (including phenoxy) is 1. The number of pyridine rings is 1. The maximum Gasteiger partial charge on any atom is 0.336 e. The number of carbonyl (C=O) groups excluding carboxylic acids is 5. The second-order valence-corrected chi connectivity index (χ2v) is 14.0. The number of thiazole rings is 1. The van der Waals surface area contributed by atoms with Crippen LogP contribution < -0.4 is 31.3 Å². The first-order valence-corrected chi connectivity index (χ1v) is 19.5. The molecule has 5 amide bonds. The largest absolute Gasteiger partial charge is 0.423 e. The van der Waals surface area contributed by atoms with Crippen molar-refractivity contribution in [2.75, 3.05) is 42.1 Å². The average molecular weight is 802 g/mol. The number of hydrogen-bond donors (Lipinski definition) is 6. The monoisotopic (exact) mass is 801 g/mol. The van der Waals surface area contributed by atoms with Crippen LogP contribution >= 0.6 is 11.3 Å². The van der Waals surface area contributed by atoms with Crippen LogP contribution in [0.15, 0.2) is 84.5 Å². The van der Waals surface area contributed by atoms with E-state index in [2.05, 4.69) is 60.3 Å². The van der Waals surface area contributed by atoms with Crippen molar-refractivity contribution in [1.29, 1.82) is 0 Å². The molecule has 1 aliphatic rings. The van der Waals surface area contributed by atoms with Crippen molar-refractivity contribution in [3.8, 4) is 17.0 Å². The van der Waals surface area contributed by atoms with Gasteiger partial charge in [0.25, 0.3) is 11.8 Å². The molecule has 0 unspecified atom stereocenters. The smallest absolute Gasteiger partial charge is 0.336 e. The minimum absolute atomic E-state index is 0.150. The summed E-state index contributed by atoms with van der Waals surface area (Å²) in [5.41, 5.74) is 6.71. The van der Waals surface area contributed by atoms with Crippen molar-refractivity contribution >= 4 is 69.2 Å². The summed E-state index contributed by atoms with van der Waals surface area (Å²) in [6, 6.07) is 14.8. The number of urea groups is 1. The van der Waals surface area contributed by atoms with E-state index >= 15 is 0 Å². The molecule has 0 aliphatic carbocycles. The Bertz CT molecular complexity index is 2400. The number of likely N-dealkylation sites (N-methyl/N-ethyl adjacent to an activating group) is 1. The van der Waals surface area contributed by atoms with Crippen LogP contribution in [0.3, 0.4) is 0 Å². The van der Waals surface area contributed by atoms with Crippen LogP contribution in [0.4, 0.5) is 21.3 Å². The Kier molecular flexibility index (Phi) is 13.2. The number of H-pyrrole nitrogens is 1. The fourth-order valence-electron chi connectivity index (χ4n) is 6.28.